The Balaban J connectivity index is 2.44. The molecule has 0 aliphatic carbocycles. The largest absolute Gasteiger partial charge is 0.399 e. The van der Waals surface area contributed by atoms with E-state index in [-0.39, 0.29) is 21.7 Å². The molecule has 118 valence electrons. The van der Waals surface area contributed by atoms with Crippen LogP contribution in [-0.2, 0) is 10.0 Å². The molecule has 1 heterocycles. The van der Waals surface area contributed by atoms with Crippen molar-refractivity contribution in [1.29, 1.82) is 0 Å². The van der Waals surface area contributed by atoms with Gasteiger partial charge in [-0.3, -0.25) is 4.90 Å². The molecule has 0 amide bonds. The van der Waals surface area contributed by atoms with Gasteiger partial charge in [-0.25, -0.2) is 12.8 Å². The quantitative estimate of drug-likeness (QED) is 0.839. The molecule has 1 aliphatic heterocycles. The van der Waals surface area contributed by atoms with Crippen molar-refractivity contribution in [2.75, 3.05) is 32.4 Å². The minimum atomic E-state index is -3.88. The van der Waals surface area contributed by atoms with E-state index in [1.54, 1.807) is 0 Å². The summed E-state index contributed by atoms with van der Waals surface area (Å²) in [6.07, 6.45) is 0. The minimum Gasteiger partial charge on any atom is -0.399 e. The summed E-state index contributed by atoms with van der Waals surface area (Å²) in [5.41, 5.74) is 5.87. The summed E-state index contributed by atoms with van der Waals surface area (Å²) in [5, 5.41) is 0. The standard InChI is InChI=1S/C14H22FN3O2S/c1-10-7-11(16)8-12(13(10)15)21(19,20)18-6-5-17(4)14(2,3)9-18/h7-8H,5-6,9,16H2,1-4H3. The number of nitrogens with zero attached hydrogens (tertiary/aromatic N) is 2. The van der Waals surface area contributed by atoms with Crippen molar-refractivity contribution in [3.63, 3.8) is 0 Å². The molecule has 21 heavy (non-hydrogen) atoms. The molecule has 1 aliphatic rings. The summed E-state index contributed by atoms with van der Waals surface area (Å²) < 4.78 is 41.0. The first-order chi connectivity index (χ1) is 9.55. The number of hydrogen-bond acceptors (Lipinski definition) is 4. The maximum Gasteiger partial charge on any atom is 0.246 e. The first-order valence-electron chi connectivity index (χ1n) is 6.83. The van der Waals surface area contributed by atoms with Crippen molar-refractivity contribution in [3.8, 4) is 0 Å². The molecule has 1 aromatic rings. The average Bonchev–Trinajstić information content (AvgIpc) is 2.36. The van der Waals surface area contributed by atoms with Crippen molar-refractivity contribution < 1.29 is 12.8 Å². The van der Waals surface area contributed by atoms with Gasteiger partial charge in [0.2, 0.25) is 10.0 Å². The summed E-state index contributed by atoms with van der Waals surface area (Å²) in [6, 6.07) is 2.63. The Hall–Kier alpha value is -1.18. The monoisotopic (exact) mass is 315 g/mol. The molecule has 1 fully saturated rings. The normalized spacial score (nSPS) is 20.6. The fourth-order valence-corrected chi connectivity index (χ4v) is 4.25. The minimum absolute atomic E-state index is 0.238. The fraction of sp³-hybridized carbons (Fsp3) is 0.571. The van der Waals surface area contributed by atoms with E-state index in [9.17, 15) is 12.8 Å². The summed E-state index contributed by atoms with van der Waals surface area (Å²) in [7, 11) is -1.93. The maximum absolute atomic E-state index is 14.2. The van der Waals surface area contributed by atoms with Crippen molar-refractivity contribution >= 4 is 15.7 Å². The Labute approximate surface area is 125 Å². The third kappa shape index (κ3) is 2.90. The van der Waals surface area contributed by atoms with Crippen LogP contribution in [0.2, 0.25) is 0 Å². The number of sulfonamides is 1. The van der Waals surface area contributed by atoms with Gasteiger partial charge in [0.25, 0.3) is 0 Å². The van der Waals surface area contributed by atoms with E-state index in [2.05, 4.69) is 4.90 Å². The number of benzene rings is 1. The number of hydrogen-bond donors (Lipinski definition) is 1. The Morgan fingerprint density at radius 2 is 1.90 bits per heavy atom. The van der Waals surface area contributed by atoms with E-state index in [1.807, 2.05) is 20.9 Å². The van der Waals surface area contributed by atoms with Crippen LogP contribution >= 0.6 is 0 Å². The number of halogens is 1. The third-order valence-electron chi connectivity index (χ3n) is 4.14. The second-order valence-corrected chi connectivity index (χ2v) is 8.13. The third-order valence-corrected chi connectivity index (χ3v) is 5.99. The Kier molecular flexibility index (Phi) is 4.03. The van der Waals surface area contributed by atoms with E-state index in [1.165, 1.54) is 23.4 Å². The lowest BCUT2D eigenvalue weighted by molar-refractivity contribution is 0.0800. The van der Waals surface area contributed by atoms with Crippen LogP contribution in [0, 0.1) is 12.7 Å². The highest BCUT2D eigenvalue weighted by Gasteiger charge is 2.38. The Morgan fingerprint density at radius 3 is 2.48 bits per heavy atom. The number of aryl methyl sites for hydroxylation is 1. The van der Waals surface area contributed by atoms with Crippen molar-refractivity contribution in [2.45, 2.75) is 31.2 Å². The van der Waals surface area contributed by atoms with Gasteiger partial charge in [0.05, 0.1) is 0 Å². The highest BCUT2D eigenvalue weighted by molar-refractivity contribution is 7.89. The van der Waals surface area contributed by atoms with Crippen LogP contribution in [0.4, 0.5) is 10.1 Å². The van der Waals surface area contributed by atoms with E-state index >= 15 is 0 Å². The van der Waals surface area contributed by atoms with E-state index in [0.717, 1.165) is 0 Å². The fourth-order valence-electron chi connectivity index (χ4n) is 2.49. The van der Waals surface area contributed by atoms with E-state index in [4.69, 9.17) is 5.73 Å². The van der Waals surface area contributed by atoms with Gasteiger partial charge in [-0.1, -0.05) is 0 Å². The molecule has 2 N–H and O–H groups in total. The second kappa shape index (κ2) is 5.23. The molecular formula is C14H22FN3O2S. The molecule has 0 radical (unpaired) electrons. The molecule has 0 unspecified atom stereocenters. The number of nitrogen functional groups attached to an aromatic ring is 1. The molecular weight excluding hydrogens is 293 g/mol. The number of piperazine rings is 1. The van der Waals surface area contributed by atoms with E-state index in [0.29, 0.717) is 19.6 Å². The number of anilines is 1. The predicted molar refractivity (Wildman–Crippen MR) is 81.0 cm³/mol. The van der Waals surface area contributed by atoms with Crippen LogP contribution < -0.4 is 5.73 Å². The molecule has 0 bridgehead atoms. The summed E-state index contributed by atoms with van der Waals surface area (Å²) >= 11 is 0. The number of rotatable bonds is 2. The van der Waals surface area contributed by atoms with Gasteiger partial charge in [-0.05, 0) is 45.5 Å². The Bertz CT molecular complexity index is 658. The van der Waals surface area contributed by atoms with Crippen LogP contribution in [0.15, 0.2) is 17.0 Å². The van der Waals surface area contributed by atoms with Gasteiger partial charge in [0, 0.05) is 30.9 Å². The average molecular weight is 315 g/mol. The zero-order chi connectivity index (χ0) is 16.0. The van der Waals surface area contributed by atoms with Gasteiger partial charge in [0.1, 0.15) is 10.7 Å². The molecule has 0 saturated carbocycles. The number of nitrogens with two attached hydrogens (primary N) is 1. The zero-order valence-corrected chi connectivity index (χ0v) is 13.7. The summed E-state index contributed by atoms with van der Waals surface area (Å²) in [5.74, 6) is -0.721. The molecule has 0 atom stereocenters. The molecule has 1 aromatic carbocycles. The van der Waals surface area contributed by atoms with Gasteiger partial charge in [-0.2, -0.15) is 4.31 Å². The van der Waals surface area contributed by atoms with E-state index < -0.39 is 15.8 Å². The number of likely N-dealkylation sites (N-methyl/N-ethyl adjacent to an activating group) is 1. The smallest absolute Gasteiger partial charge is 0.246 e. The van der Waals surface area contributed by atoms with Gasteiger partial charge in [-0.15, -0.1) is 0 Å². The molecule has 0 spiro atoms. The molecule has 5 nitrogen and oxygen atoms in total. The topological polar surface area (TPSA) is 66.6 Å². The van der Waals surface area contributed by atoms with Crippen LogP contribution in [0.5, 0.6) is 0 Å². The highest BCUT2D eigenvalue weighted by atomic mass is 32.2. The molecule has 0 aromatic heterocycles. The molecule has 2 rings (SSSR count). The molecule has 7 heteroatoms. The lowest BCUT2D eigenvalue weighted by Gasteiger charge is -2.44. The molecule has 1 saturated heterocycles. The highest BCUT2D eigenvalue weighted by Crippen LogP contribution is 2.28. The maximum atomic E-state index is 14.2. The summed E-state index contributed by atoms with van der Waals surface area (Å²) in [4.78, 5) is 1.76. The summed E-state index contributed by atoms with van der Waals surface area (Å²) in [6.45, 7) is 6.72. The van der Waals surface area contributed by atoms with Crippen LogP contribution in [-0.4, -0.2) is 49.8 Å². The first kappa shape index (κ1) is 16.2. The second-order valence-electron chi connectivity index (χ2n) is 6.22. The van der Waals surface area contributed by atoms with Crippen LogP contribution in [0.3, 0.4) is 0 Å². The SMILES string of the molecule is Cc1cc(N)cc(S(=O)(=O)N2CCN(C)C(C)(C)C2)c1F. The van der Waals surface area contributed by atoms with Gasteiger partial charge in [0.15, 0.2) is 0 Å². The Morgan fingerprint density at radius 1 is 1.29 bits per heavy atom. The lowest BCUT2D eigenvalue weighted by Crippen LogP contribution is -2.58. The predicted octanol–water partition coefficient (Wildman–Crippen LogP) is 1.43. The van der Waals surface area contributed by atoms with Gasteiger partial charge >= 0.3 is 0 Å². The van der Waals surface area contributed by atoms with Crippen molar-refractivity contribution in [2.24, 2.45) is 0 Å². The zero-order valence-electron chi connectivity index (χ0n) is 12.9. The van der Waals surface area contributed by atoms with Gasteiger partial charge < -0.3 is 5.73 Å². The van der Waals surface area contributed by atoms with Crippen molar-refractivity contribution in [1.82, 2.24) is 9.21 Å². The van der Waals surface area contributed by atoms with Crippen LogP contribution in [0.25, 0.3) is 0 Å². The lowest BCUT2D eigenvalue weighted by atomic mass is 10.0. The van der Waals surface area contributed by atoms with Crippen molar-refractivity contribution in [3.05, 3.63) is 23.5 Å². The van der Waals surface area contributed by atoms with Crippen LogP contribution in [0.1, 0.15) is 19.4 Å². The first-order valence-corrected chi connectivity index (χ1v) is 8.27.